The molecular weight excluding hydrogens is 314 g/mol. The second kappa shape index (κ2) is 4.94. The average Bonchev–Trinajstić information content (AvgIpc) is 2.80. The second-order valence-corrected chi connectivity index (χ2v) is 5.98. The van der Waals surface area contributed by atoms with E-state index in [1.807, 2.05) is 36.4 Å². The van der Waals surface area contributed by atoms with E-state index < -0.39 is 0 Å². The van der Waals surface area contributed by atoms with Crippen LogP contribution in [0, 0.1) is 0 Å². The van der Waals surface area contributed by atoms with Crippen molar-refractivity contribution >= 4 is 32.7 Å². The summed E-state index contributed by atoms with van der Waals surface area (Å²) in [6.45, 7) is 4.33. The number of imidazole rings is 1. The van der Waals surface area contributed by atoms with E-state index in [0.717, 1.165) is 32.6 Å². The summed E-state index contributed by atoms with van der Waals surface area (Å²) < 4.78 is 3.25. The van der Waals surface area contributed by atoms with Crippen LogP contribution in [0.3, 0.4) is 0 Å². The molecule has 0 saturated carbocycles. The molecule has 0 bridgehead atoms. The number of hydrogen-bond acceptors (Lipinski definition) is 2. The molecule has 3 rings (SSSR count). The van der Waals surface area contributed by atoms with Crippen molar-refractivity contribution in [1.29, 1.82) is 0 Å². The van der Waals surface area contributed by atoms with Gasteiger partial charge in [-0.1, -0.05) is 28.1 Å². The smallest absolute Gasteiger partial charge is 0.142 e. The molecule has 4 heteroatoms. The first-order valence-electron chi connectivity index (χ1n) is 6.60. The van der Waals surface area contributed by atoms with E-state index in [-0.39, 0.29) is 0 Å². The van der Waals surface area contributed by atoms with Crippen LogP contribution >= 0.6 is 15.9 Å². The van der Waals surface area contributed by atoms with Gasteiger partial charge in [0.25, 0.3) is 0 Å². The molecule has 0 fully saturated rings. The molecule has 20 heavy (non-hydrogen) atoms. The van der Waals surface area contributed by atoms with Gasteiger partial charge in [-0.05, 0) is 44.2 Å². The highest BCUT2D eigenvalue weighted by Crippen LogP contribution is 2.33. The van der Waals surface area contributed by atoms with Crippen LogP contribution in [0.4, 0.5) is 5.69 Å². The Morgan fingerprint density at radius 2 is 1.90 bits per heavy atom. The summed E-state index contributed by atoms with van der Waals surface area (Å²) in [7, 11) is 0. The topological polar surface area (TPSA) is 43.8 Å². The number of hydrogen-bond donors (Lipinski definition) is 1. The monoisotopic (exact) mass is 329 g/mol. The summed E-state index contributed by atoms with van der Waals surface area (Å²) in [5, 5.41) is 0. The maximum atomic E-state index is 5.93. The van der Waals surface area contributed by atoms with Crippen LogP contribution in [0.25, 0.3) is 22.4 Å². The number of nitrogens with zero attached hydrogens (tertiary/aromatic N) is 2. The lowest BCUT2D eigenvalue weighted by Crippen LogP contribution is -2.03. The lowest BCUT2D eigenvalue weighted by atomic mass is 10.2. The molecule has 2 N–H and O–H groups in total. The Kier molecular flexibility index (Phi) is 3.26. The van der Waals surface area contributed by atoms with Crippen molar-refractivity contribution in [2.75, 3.05) is 5.73 Å². The minimum Gasteiger partial charge on any atom is -0.399 e. The maximum Gasteiger partial charge on any atom is 0.142 e. The van der Waals surface area contributed by atoms with Crippen molar-refractivity contribution in [3.63, 3.8) is 0 Å². The van der Waals surface area contributed by atoms with Gasteiger partial charge in [-0.3, -0.25) is 0 Å². The predicted molar refractivity (Wildman–Crippen MR) is 87.7 cm³/mol. The Balaban J connectivity index is 2.35. The number of aromatic nitrogens is 2. The van der Waals surface area contributed by atoms with Gasteiger partial charge in [0.1, 0.15) is 5.82 Å². The summed E-state index contributed by atoms with van der Waals surface area (Å²) in [4.78, 5) is 4.78. The SMILES string of the molecule is CC(C)n1c(-c2cc(N)ccc2Br)nc2ccccc21. The van der Waals surface area contributed by atoms with E-state index in [9.17, 15) is 0 Å². The van der Waals surface area contributed by atoms with Crippen LogP contribution in [-0.2, 0) is 0 Å². The van der Waals surface area contributed by atoms with Gasteiger partial charge in [-0.2, -0.15) is 0 Å². The summed E-state index contributed by atoms with van der Waals surface area (Å²) in [6.07, 6.45) is 0. The van der Waals surface area contributed by atoms with Crippen LogP contribution in [0.2, 0.25) is 0 Å². The van der Waals surface area contributed by atoms with Gasteiger partial charge in [0.2, 0.25) is 0 Å². The van der Waals surface area contributed by atoms with E-state index in [0.29, 0.717) is 6.04 Å². The van der Waals surface area contributed by atoms with Gasteiger partial charge in [0.05, 0.1) is 11.0 Å². The van der Waals surface area contributed by atoms with Gasteiger partial charge < -0.3 is 10.3 Å². The molecule has 0 amide bonds. The average molecular weight is 330 g/mol. The molecule has 0 spiro atoms. The van der Waals surface area contributed by atoms with Crippen LogP contribution in [0.1, 0.15) is 19.9 Å². The number of anilines is 1. The number of benzene rings is 2. The molecule has 0 radical (unpaired) electrons. The van der Waals surface area contributed by atoms with Gasteiger partial charge in [-0.15, -0.1) is 0 Å². The molecule has 1 aromatic heterocycles. The predicted octanol–water partition coefficient (Wildman–Crippen LogP) is 4.63. The first-order valence-corrected chi connectivity index (χ1v) is 7.39. The van der Waals surface area contributed by atoms with Crippen LogP contribution in [-0.4, -0.2) is 9.55 Å². The minimum atomic E-state index is 0.325. The molecule has 0 saturated heterocycles. The fraction of sp³-hybridized carbons (Fsp3) is 0.188. The second-order valence-electron chi connectivity index (χ2n) is 5.13. The number of nitrogens with two attached hydrogens (primary N) is 1. The fourth-order valence-corrected chi connectivity index (χ4v) is 2.90. The molecular formula is C16H16BrN3. The Hall–Kier alpha value is -1.81. The van der Waals surface area contributed by atoms with Gasteiger partial charge in [0, 0.05) is 21.8 Å². The van der Waals surface area contributed by atoms with Crippen molar-refractivity contribution in [3.8, 4) is 11.4 Å². The highest BCUT2D eigenvalue weighted by Gasteiger charge is 2.16. The molecule has 3 aromatic rings. The van der Waals surface area contributed by atoms with Crippen molar-refractivity contribution in [2.24, 2.45) is 0 Å². The zero-order valence-corrected chi connectivity index (χ0v) is 13.1. The molecule has 0 aliphatic heterocycles. The van der Waals surface area contributed by atoms with E-state index in [1.165, 1.54) is 0 Å². The number of para-hydroxylation sites is 2. The lowest BCUT2D eigenvalue weighted by Gasteiger charge is -2.14. The normalized spacial score (nSPS) is 11.4. The standard InChI is InChI=1S/C16H16BrN3/c1-10(2)20-15-6-4-3-5-14(15)19-16(20)12-9-11(18)7-8-13(12)17/h3-10H,18H2,1-2H3. The van der Waals surface area contributed by atoms with Crippen molar-refractivity contribution < 1.29 is 0 Å². The number of fused-ring (bicyclic) bond motifs is 1. The molecule has 2 aromatic carbocycles. The largest absolute Gasteiger partial charge is 0.399 e. The molecule has 0 aliphatic carbocycles. The van der Waals surface area contributed by atoms with E-state index >= 15 is 0 Å². The first-order chi connectivity index (χ1) is 9.58. The highest BCUT2D eigenvalue weighted by atomic mass is 79.9. The number of nitrogen functional groups attached to an aromatic ring is 1. The maximum absolute atomic E-state index is 5.93. The van der Waals surface area contributed by atoms with Crippen LogP contribution in [0.15, 0.2) is 46.9 Å². The third-order valence-electron chi connectivity index (χ3n) is 3.34. The summed E-state index contributed by atoms with van der Waals surface area (Å²) in [6, 6.07) is 14.3. The number of rotatable bonds is 2. The summed E-state index contributed by atoms with van der Waals surface area (Å²) in [5.41, 5.74) is 9.84. The molecule has 1 heterocycles. The van der Waals surface area contributed by atoms with Crippen molar-refractivity contribution in [2.45, 2.75) is 19.9 Å². The molecule has 3 nitrogen and oxygen atoms in total. The highest BCUT2D eigenvalue weighted by molar-refractivity contribution is 9.10. The molecule has 102 valence electrons. The van der Waals surface area contributed by atoms with E-state index in [2.05, 4.69) is 40.4 Å². The Morgan fingerprint density at radius 1 is 1.15 bits per heavy atom. The zero-order chi connectivity index (χ0) is 14.3. The first kappa shape index (κ1) is 13.2. The third-order valence-corrected chi connectivity index (χ3v) is 4.04. The molecule has 0 unspecified atom stereocenters. The van der Waals surface area contributed by atoms with Crippen LogP contribution < -0.4 is 5.73 Å². The Morgan fingerprint density at radius 3 is 2.65 bits per heavy atom. The Bertz CT molecular complexity index is 774. The van der Waals surface area contributed by atoms with Gasteiger partial charge >= 0.3 is 0 Å². The quantitative estimate of drug-likeness (QED) is 0.696. The zero-order valence-electron chi connectivity index (χ0n) is 11.5. The summed E-state index contributed by atoms with van der Waals surface area (Å²) in [5.74, 6) is 0.945. The molecule has 0 atom stereocenters. The fourth-order valence-electron chi connectivity index (χ4n) is 2.47. The van der Waals surface area contributed by atoms with E-state index in [4.69, 9.17) is 10.7 Å². The number of halogens is 1. The Labute approximate surface area is 126 Å². The summed E-state index contributed by atoms with van der Waals surface area (Å²) >= 11 is 3.60. The molecule has 0 aliphatic rings. The minimum absolute atomic E-state index is 0.325. The van der Waals surface area contributed by atoms with Crippen LogP contribution in [0.5, 0.6) is 0 Å². The lowest BCUT2D eigenvalue weighted by molar-refractivity contribution is 0.624. The van der Waals surface area contributed by atoms with Gasteiger partial charge in [0.15, 0.2) is 0 Å². The van der Waals surface area contributed by atoms with E-state index in [1.54, 1.807) is 0 Å². The van der Waals surface area contributed by atoms with Gasteiger partial charge in [-0.25, -0.2) is 4.98 Å². The van der Waals surface area contributed by atoms with Crippen molar-refractivity contribution in [1.82, 2.24) is 9.55 Å². The third kappa shape index (κ3) is 2.10. The van der Waals surface area contributed by atoms with Crippen molar-refractivity contribution in [3.05, 3.63) is 46.9 Å².